The number of nitrogens with zero attached hydrogens (tertiary/aromatic N) is 1. The van der Waals surface area contributed by atoms with E-state index in [1.807, 2.05) is 12.1 Å². The van der Waals surface area contributed by atoms with Gasteiger partial charge in [-0.25, -0.2) is 4.98 Å². The van der Waals surface area contributed by atoms with Crippen LogP contribution in [-0.2, 0) is 13.0 Å². The van der Waals surface area contributed by atoms with Gasteiger partial charge in [-0.05, 0) is 24.5 Å². The highest BCUT2D eigenvalue weighted by atomic mass is 32.1. The van der Waals surface area contributed by atoms with Crippen molar-refractivity contribution in [2.45, 2.75) is 19.4 Å². The Morgan fingerprint density at radius 1 is 1.47 bits per heavy atom. The van der Waals surface area contributed by atoms with Crippen LogP contribution in [0.1, 0.15) is 33.0 Å². The van der Waals surface area contributed by atoms with Crippen LogP contribution in [0, 0.1) is 0 Å². The van der Waals surface area contributed by atoms with Crippen molar-refractivity contribution >= 4 is 17.1 Å². The second-order valence-electron chi connectivity index (χ2n) is 4.41. The van der Waals surface area contributed by atoms with Gasteiger partial charge in [-0.1, -0.05) is 12.1 Å². The summed E-state index contributed by atoms with van der Waals surface area (Å²) < 4.78 is 5.66. The quantitative estimate of drug-likeness (QED) is 0.871. The maximum absolute atomic E-state index is 12.5. The smallest absolute Gasteiger partial charge is 0.215 e. The van der Waals surface area contributed by atoms with Gasteiger partial charge in [0.25, 0.3) is 0 Å². The molecule has 0 amide bonds. The molecule has 3 rings (SSSR count). The van der Waals surface area contributed by atoms with Crippen LogP contribution in [0.3, 0.4) is 0 Å². The third-order valence-corrected chi connectivity index (χ3v) is 4.01. The second-order valence-corrected chi connectivity index (χ2v) is 5.35. The molecule has 1 aromatic carbocycles. The predicted molar refractivity (Wildman–Crippen MR) is 73.7 cm³/mol. The van der Waals surface area contributed by atoms with Crippen LogP contribution >= 0.6 is 11.3 Å². The number of carbonyl (C=O) groups is 1. The number of hydrogen-bond acceptors (Lipinski definition) is 5. The summed E-state index contributed by atoms with van der Waals surface area (Å²) >= 11 is 1.41. The van der Waals surface area contributed by atoms with Gasteiger partial charge in [-0.3, -0.25) is 4.79 Å². The first-order chi connectivity index (χ1) is 9.29. The number of thiazole rings is 1. The largest absolute Gasteiger partial charge is 0.493 e. The molecule has 0 saturated heterocycles. The summed E-state index contributed by atoms with van der Waals surface area (Å²) in [5.41, 5.74) is 7.68. The Labute approximate surface area is 115 Å². The van der Waals surface area contributed by atoms with Gasteiger partial charge in [0.15, 0.2) is 0 Å². The Balaban J connectivity index is 1.99. The lowest BCUT2D eigenvalue weighted by atomic mass is 9.99. The Hall–Kier alpha value is -1.72. The Morgan fingerprint density at radius 2 is 2.37 bits per heavy atom. The molecule has 2 N–H and O–H groups in total. The number of rotatable bonds is 3. The zero-order valence-electron chi connectivity index (χ0n) is 10.4. The molecule has 0 bridgehead atoms. The number of nitrogens with two attached hydrogens (primary N) is 1. The first kappa shape index (κ1) is 12.3. The summed E-state index contributed by atoms with van der Waals surface area (Å²) in [4.78, 5) is 16.7. The Bertz CT molecular complexity index is 622. The number of ether oxygens (including phenoxy) is 1. The van der Waals surface area contributed by atoms with E-state index in [2.05, 4.69) is 4.98 Å². The van der Waals surface area contributed by atoms with Crippen molar-refractivity contribution in [3.8, 4) is 5.75 Å². The van der Waals surface area contributed by atoms with Gasteiger partial charge in [0.05, 0.1) is 12.2 Å². The first-order valence-corrected chi connectivity index (χ1v) is 7.11. The van der Waals surface area contributed by atoms with E-state index in [0.29, 0.717) is 24.4 Å². The van der Waals surface area contributed by atoms with E-state index in [0.717, 1.165) is 29.2 Å². The minimum atomic E-state index is -0.0882. The predicted octanol–water partition coefficient (Wildman–Crippen LogP) is 2.16. The number of fused-ring (bicyclic) bond motifs is 1. The molecular formula is C14H14N2O2S. The number of benzene rings is 1. The van der Waals surface area contributed by atoms with Crippen LogP contribution in [0.4, 0.5) is 0 Å². The summed E-state index contributed by atoms with van der Waals surface area (Å²) in [5, 5.41) is 2.53. The second kappa shape index (κ2) is 5.11. The van der Waals surface area contributed by atoms with E-state index in [9.17, 15) is 4.79 Å². The lowest BCUT2D eigenvalue weighted by Crippen LogP contribution is -2.13. The summed E-state index contributed by atoms with van der Waals surface area (Å²) in [6.45, 7) is 1.03. The molecule has 0 spiro atoms. The molecule has 1 aliphatic rings. The van der Waals surface area contributed by atoms with Crippen LogP contribution < -0.4 is 10.5 Å². The van der Waals surface area contributed by atoms with Crippen LogP contribution in [0.25, 0.3) is 0 Å². The SMILES string of the molecule is NCc1nc(C(=O)c2cccc3c2OCCC3)cs1. The zero-order chi connectivity index (χ0) is 13.2. The van der Waals surface area contributed by atoms with E-state index in [1.165, 1.54) is 11.3 Å². The van der Waals surface area contributed by atoms with Crippen LogP contribution in [0.2, 0.25) is 0 Å². The number of aryl methyl sites for hydroxylation is 1. The number of aromatic nitrogens is 1. The molecule has 98 valence electrons. The topological polar surface area (TPSA) is 65.2 Å². The highest BCUT2D eigenvalue weighted by Gasteiger charge is 2.21. The fourth-order valence-electron chi connectivity index (χ4n) is 2.21. The van der Waals surface area contributed by atoms with Crippen LogP contribution in [0.5, 0.6) is 5.75 Å². The number of hydrogen-bond donors (Lipinski definition) is 1. The molecule has 2 heterocycles. The molecule has 0 aliphatic carbocycles. The van der Waals surface area contributed by atoms with Gasteiger partial charge in [0.2, 0.25) is 5.78 Å². The van der Waals surface area contributed by atoms with E-state index >= 15 is 0 Å². The first-order valence-electron chi connectivity index (χ1n) is 6.23. The molecule has 0 radical (unpaired) electrons. The normalized spacial score (nSPS) is 13.7. The lowest BCUT2D eigenvalue weighted by Gasteiger charge is -2.19. The van der Waals surface area contributed by atoms with E-state index in [-0.39, 0.29) is 5.78 Å². The fraction of sp³-hybridized carbons (Fsp3) is 0.286. The lowest BCUT2D eigenvalue weighted by molar-refractivity contribution is 0.103. The number of carbonyl (C=O) groups excluding carboxylic acids is 1. The van der Waals surface area contributed by atoms with E-state index in [4.69, 9.17) is 10.5 Å². The van der Waals surface area contributed by atoms with Crippen LogP contribution in [0.15, 0.2) is 23.6 Å². The van der Waals surface area contributed by atoms with Gasteiger partial charge < -0.3 is 10.5 Å². The maximum atomic E-state index is 12.5. The van der Waals surface area contributed by atoms with Gasteiger partial charge in [0, 0.05) is 11.9 Å². The molecule has 0 atom stereocenters. The highest BCUT2D eigenvalue weighted by Crippen LogP contribution is 2.30. The van der Waals surface area contributed by atoms with E-state index in [1.54, 1.807) is 11.4 Å². The van der Waals surface area contributed by atoms with Gasteiger partial charge in [0.1, 0.15) is 16.5 Å². The van der Waals surface area contributed by atoms with Gasteiger partial charge in [-0.15, -0.1) is 11.3 Å². The van der Waals surface area contributed by atoms with Crippen molar-refractivity contribution < 1.29 is 9.53 Å². The Morgan fingerprint density at radius 3 is 3.16 bits per heavy atom. The molecule has 0 unspecified atom stereocenters. The molecule has 4 nitrogen and oxygen atoms in total. The average Bonchev–Trinajstić information content (AvgIpc) is 2.95. The molecule has 1 aliphatic heterocycles. The van der Waals surface area contributed by atoms with Gasteiger partial charge in [-0.2, -0.15) is 0 Å². The summed E-state index contributed by atoms with van der Waals surface area (Å²) in [6.07, 6.45) is 1.96. The van der Waals surface area contributed by atoms with Crippen molar-refractivity contribution in [1.29, 1.82) is 0 Å². The van der Waals surface area contributed by atoms with Crippen molar-refractivity contribution in [2.24, 2.45) is 5.73 Å². The van der Waals surface area contributed by atoms with Crippen molar-refractivity contribution in [2.75, 3.05) is 6.61 Å². The fourth-order valence-corrected chi connectivity index (χ4v) is 2.87. The standard InChI is InChI=1S/C14H14N2O2S/c15-7-12-16-11(8-19-12)13(17)10-5-1-3-9-4-2-6-18-14(9)10/h1,3,5,8H,2,4,6-7,15H2. The number of para-hydroxylation sites is 1. The summed E-state index contributed by atoms with van der Waals surface area (Å²) in [6, 6.07) is 5.71. The monoisotopic (exact) mass is 274 g/mol. The molecular weight excluding hydrogens is 260 g/mol. The molecule has 0 saturated carbocycles. The molecule has 2 aromatic rings. The summed E-state index contributed by atoms with van der Waals surface area (Å²) in [5.74, 6) is 0.635. The van der Waals surface area contributed by atoms with E-state index < -0.39 is 0 Å². The molecule has 19 heavy (non-hydrogen) atoms. The third kappa shape index (κ3) is 2.27. The minimum absolute atomic E-state index is 0.0882. The van der Waals surface area contributed by atoms with Crippen molar-refractivity contribution in [3.63, 3.8) is 0 Å². The molecule has 5 heteroatoms. The van der Waals surface area contributed by atoms with Gasteiger partial charge >= 0.3 is 0 Å². The van der Waals surface area contributed by atoms with Crippen LogP contribution in [-0.4, -0.2) is 17.4 Å². The average molecular weight is 274 g/mol. The third-order valence-electron chi connectivity index (χ3n) is 3.14. The molecule has 1 aromatic heterocycles. The minimum Gasteiger partial charge on any atom is -0.493 e. The molecule has 0 fully saturated rings. The number of ketones is 1. The Kier molecular flexibility index (Phi) is 3.31. The van der Waals surface area contributed by atoms with Crippen molar-refractivity contribution in [1.82, 2.24) is 4.98 Å². The maximum Gasteiger partial charge on any atom is 0.215 e. The summed E-state index contributed by atoms with van der Waals surface area (Å²) in [7, 11) is 0. The van der Waals surface area contributed by atoms with Crippen molar-refractivity contribution in [3.05, 3.63) is 45.4 Å². The highest BCUT2D eigenvalue weighted by molar-refractivity contribution is 7.09. The zero-order valence-corrected chi connectivity index (χ0v) is 11.2.